The molecule has 1 N–H and O–H groups in total. The van der Waals surface area contributed by atoms with Crippen LogP contribution in [0.15, 0.2) is 30.9 Å². The number of rotatable bonds is 5. The van der Waals surface area contributed by atoms with E-state index in [9.17, 15) is 0 Å². The molecule has 3 aromatic heterocycles. The lowest BCUT2D eigenvalue weighted by atomic mass is 9.90. The van der Waals surface area contributed by atoms with Crippen LogP contribution in [-0.4, -0.2) is 39.0 Å². The van der Waals surface area contributed by atoms with Crippen molar-refractivity contribution in [2.75, 3.05) is 12.4 Å². The fourth-order valence-electron chi connectivity index (χ4n) is 4.80. The minimum atomic E-state index is 0.514. The molecule has 0 saturated heterocycles. The summed E-state index contributed by atoms with van der Waals surface area (Å²) in [7, 11) is 2.25. The van der Waals surface area contributed by atoms with Crippen LogP contribution in [0.4, 0.5) is 5.82 Å². The highest BCUT2D eigenvalue weighted by Crippen LogP contribution is 2.39. The van der Waals surface area contributed by atoms with E-state index in [1.807, 2.05) is 23.7 Å². The van der Waals surface area contributed by atoms with Crippen molar-refractivity contribution in [3.05, 3.63) is 46.9 Å². The molecule has 0 aliphatic heterocycles. The predicted octanol–water partition coefficient (Wildman–Crippen LogP) is 4.43. The minimum absolute atomic E-state index is 0.514. The number of nitrogens with zero attached hydrogens (tertiary/aromatic N) is 4. The van der Waals surface area contributed by atoms with E-state index >= 15 is 0 Å². The maximum Gasteiger partial charge on any atom is 0.138 e. The molecule has 146 valence electrons. The van der Waals surface area contributed by atoms with Crippen LogP contribution in [-0.2, 0) is 19.4 Å². The van der Waals surface area contributed by atoms with E-state index in [0.29, 0.717) is 12.1 Å². The largest absolute Gasteiger partial charge is 0.367 e. The summed E-state index contributed by atoms with van der Waals surface area (Å²) in [5.41, 5.74) is 2.85. The Bertz CT molecular complexity index is 946. The molecule has 0 aromatic carbocycles. The van der Waals surface area contributed by atoms with Crippen LogP contribution in [0.1, 0.15) is 48.1 Å². The third-order valence-corrected chi connectivity index (χ3v) is 7.54. The Kier molecular flexibility index (Phi) is 4.99. The SMILES string of the molecule is CN(Cc1ccncc1)C1CCC(Nc2ncnc3sc4c(c23)CCC4)CC1. The van der Waals surface area contributed by atoms with E-state index < -0.39 is 0 Å². The van der Waals surface area contributed by atoms with Crippen LogP contribution in [0, 0.1) is 0 Å². The first-order chi connectivity index (χ1) is 13.8. The zero-order valence-electron chi connectivity index (χ0n) is 16.4. The number of thiophene rings is 1. The zero-order valence-corrected chi connectivity index (χ0v) is 17.2. The van der Waals surface area contributed by atoms with Crippen molar-refractivity contribution in [1.82, 2.24) is 19.9 Å². The third-order valence-electron chi connectivity index (χ3n) is 6.34. The Hall–Kier alpha value is -2.05. The molecule has 5 nitrogen and oxygen atoms in total. The molecule has 1 fully saturated rings. The van der Waals surface area contributed by atoms with Gasteiger partial charge in [-0.3, -0.25) is 9.88 Å². The van der Waals surface area contributed by atoms with Crippen molar-refractivity contribution < 1.29 is 0 Å². The smallest absolute Gasteiger partial charge is 0.138 e. The maximum atomic E-state index is 4.63. The summed E-state index contributed by atoms with van der Waals surface area (Å²) in [6.07, 6.45) is 14.0. The fraction of sp³-hybridized carbons (Fsp3) is 0.500. The van der Waals surface area contributed by atoms with Gasteiger partial charge in [-0.1, -0.05) is 0 Å². The fourth-order valence-corrected chi connectivity index (χ4v) is 6.03. The van der Waals surface area contributed by atoms with Crippen LogP contribution in [0.2, 0.25) is 0 Å². The number of pyridine rings is 1. The average Bonchev–Trinajstić information content (AvgIpc) is 3.31. The number of anilines is 1. The lowest BCUT2D eigenvalue weighted by Gasteiger charge is -2.35. The first kappa shape index (κ1) is 18.0. The number of fused-ring (bicyclic) bond motifs is 3. The number of nitrogens with one attached hydrogen (secondary N) is 1. The molecule has 5 rings (SSSR count). The highest BCUT2D eigenvalue weighted by Gasteiger charge is 2.26. The van der Waals surface area contributed by atoms with E-state index in [2.05, 4.69) is 44.3 Å². The summed E-state index contributed by atoms with van der Waals surface area (Å²) >= 11 is 1.87. The molecule has 6 heteroatoms. The molecule has 3 heterocycles. The van der Waals surface area contributed by atoms with Gasteiger partial charge in [0.15, 0.2) is 0 Å². The third kappa shape index (κ3) is 3.51. The van der Waals surface area contributed by atoms with Gasteiger partial charge in [0.1, 0.15) is 17.0 Å². The Morgan fingerprint density at radius 1 is 1.11 bits per heavy atom. The van der Waals surface area contributed by atoms with Gasteiger partial charge in [0.2, 0.25) is 0 Å². The van der Waals surface area contributed by atoms with E-state index in [1.54, 1.807) is 6.33 Å². The van der Waals surface area contributed by atoms with E-state index in [0.717, 1.165) is 17.2 Å². The summed E-state index contributed by atoms with van der Waals surface area (Å²) in [5, 5.41) is 5.08. The highest BCUT2D eigenvalue weighted by atomic mass is 32.1. The van der Waals surface area contributed by atoms with Gasteiger partial charge in [0.25, 0.3) is 0 Å². The molecule has 28 heavy (non-hydrogen) atoms. The van der Waals surface area contributed by atoms with E-state index in [-0.39, 0.29) is 0 Å². The first-order valence-corrected chi connectivity index (χ1v) is 11.2. The Morgan fingerprint density at radius 2 is 1.93 bits per heavy atom. The van der Waals surface area contributed by atoms with Crippen molar-refractivity contribution in [2.45, 2.75) is 63.6 Å². The van der Waals surface area contributed by atoms with Crippen molar-refractivity contribution in [3.63, 3.8) is 0 Å². The second-order valence-corrected chi connectivity index (χ2v) is 9.26. The van der Waals surface area contributed by atoms with Gasteiger partial charge in [-0.15, -0.1) is 11.3 Å². The molecule has 1 saturated carbocycles. The minimum Gasteiger partial charge on any atom is -0.367 e. The summed E-state index contributed by atoms with van der Waals surface area (Å²) in [4.78, 5) is 18.5. The number of hydrogen-bond donors (Lipinski definition) is 1. The van der Waals surface area contributed by atoms with Gasteiger partial charge < -0.3 is 5.32 Å². The van der Waals surface area contributed by atoms with E-state index in [4.69, 9.17) is 0 Å². The van der Waals surface area contributed by atoms with Gasteiger partial charge >= 0.3 is 0 Å². The molecule has 0 bridgehead atoms. The monoisotopic (exact) mass is 393 g/mol. The summed E-state index contributed by atoms with van der Waals surface area (Å²) in [5.74, 6) is 1.07. The van der Waals surface area contributed by atoms with Gasteiger partial charge in [-0.25, -0.2) is 9.97 Å². The molecule has 2 aliphatic carbocycles. The Morgan fingerprint density at radius 3 is 2.75 bits per heavy atom. The number of aryl methyl sites for hydroxylation is 2. The van der Waals surface area contributed by atoms with Crippen molar-refractivity contribution >= 4 is 27.4 Å². The first-order valence-electron chi connectivity index (χ1n) is 10.4. The average molecular weight is 394 g/mol. The molecule has 2 aliphatic rings. The number of aromatic nitrogens is 3. The zero-order chi connectivity index (χ0) is 18.9. The Balaban J connectivity index is 1.23. The van der Waals surface area contributed by atoms with Crippen LogP contribution < -0.4 is 5.32 Å². The Labute approximate surface area is 170 Å². The molecule has 0 atom stereocenters. The molecular formula is C22H27N5S. The molecular weight excluding hydrogens is 366 g/mol. The lowest BCUT2D eigenvalue weighted by molar-refractivity contribution is 0.179. The van der Waals surface area contributed by atoms with Crippen molar-refractivity contribution in [3.8, 4) is 0 Å². The van der Waals surface area contributed by atoms with Gasteiger partial charge in [0.05, 0.1) is 5.39 Å². The van der Waals surface area contributed by atoms with Gasteiger partial charge in [-0.2, -0.15) is 0 Å². The molecule has 0 unspecified atom stereocenters. The molecule has 0 radical (unpaired) electrons. The highest BCUT2D eigenvalue weighted by molar-refractivity contribution is 7.19. The molecule has 0 amide bonds. The molecule has 3 aromatic rings. The topological polar surface area (TPSA) is 53.9 Å². The van der Waals surface area contributed by atoms with Crippen molar-refractivity contribution in [1.29, 1.82) is 0 Å². The molecule has 0 spiro atoms. The standard InChI is InChI=1S/C22H27N5S/c1-27(13-15-9-11-23-12-10-15)17-7-5-16(6-8-17)26-21-20-18-3-2-4-19(18)28-22(20)25-14-24-21/h9-12,14,16-17H,2-8,13H2,1H3,(H,24,25,26). The van der Waals surface area contributed by atoms with Gasteiger partial charge in [-0.05, 0) is 75.3 Å². The quantitative estimate of drug-likeness (QED) is 0.695. The predicted molar refractivity (Wildman–Crippen MR) is 115 cm³/mol. The maximum absolute atomic E-state index is 4.63. The lowest BCUT2D eigenvalue weighted by Crippen LogP contribution is -2.38. The van der Waals surface area contributed by atoms with Crippen LogP contribution in [0.25, 0.3) is 10.2 Å². The van der Waals surface area contributed by atoms with Crippen molar-refractivity contribution in [2.24, 2.45) is 0 Å². The van der Waals surface area contributed by atoms with Crippen LogP contribution in [0.3, 0.4) is 0 Å². The van der Waals surface area contributed by atoms with E-state index in [1.165, 1.54) is 66.3 Å². The second kappa shape index (κ2) is 7.76. The van der Waals surface area contributed by atoms with Gasteiger partial charge in [0, 0.05) is 35.9 Å². The normalized spacial score (nSPS) is 21.9. The summed E-state index contributed by atoms with van der Waals surface area (Å²) in [6.45, 7) is 0.999. The van der Waals surface area contributed by atoms with Crippen LogP contribution in [0.5, 0.6) is 0 Å². The summed E-state index contributed by atoms with van der Waals surface area (Å²) in [6, 6.07) is 5.40. The van der Waals surface area contributed by atoms with Crippen LogP contribution >= 0.6 is 11.3 Å². The summed E-state index contributed by atoms with van der Waals surface area (Å²) < 4.78 is 0. The number of hydrogen-bond acceptors (Lipinski definition) is 6. The second-order valence-electron chi connectivity index (χ2n) is 8.18.